The maximum Gasteiger partial charge on any atom is 0.255 e. The molecule has 5 heteroatoms. The van der Waals surface area contributed by atoms with E-state index in [4.69, 9.17) is 0 Å². The lowest BCUT2D eigenvalue weighted by atomic mass is 10.1. The van der Waals surface area contributed by atoms with Crippen molar-refractivity contribution in [3.8, 4) is 0 Å². The van der Waals surface area contributed by atoms with Crippen molar-refractivity contribution < 1.29 is 14.0 Å². The molecular formula is C22H19FN2O2. The topological polar surface area (TPSA) is 58.2 Å². The number of para-hydroxylation sites is 1. The van der Waals surface area contributed by atoms with Gasteiger partial charge in [0, 0.05) is 12.1 Å². The molecule has 27 heavy (non-hydrogen) atoms. The standard InChI is InChI=1S/C22H19FN2O2/c1-15-5-4-6-17(13-15)21(26)25-20-8-3-2-7-19(20)22(27)24-14-16-9-11-18(23)12-10-16/h2-13H,14H2,1H3,(H,24,27)(H,25,26). The fourth-order valence-electron chi connectivity index (χ4n) is 2.65. The molecule has 3 rings (SSSR count). The number of hydrogen-bond donors (Lipinski definition) is 2. The summed E-state index contributed by atoms with van der Waals surface area (Å²) in [6.45, 7) is 2.17. The highest BCUT2D eigenvalue weighted by Gasteiger charge is 2.14. The van der Waals surface area contributed by atoms with Crippen molar-refractivity contribution in [1.29, 1.82) is 0 Å². The van der Waals surface area contributed by atoms with Crippen LogP contribution in [0.4, 0.5) is 10.1 Å². The van der Waals surface area contributed by atoms with E-state index in [-0.39, 0.29) is 24.2 Å². The summed E-state index contributed by atoms with van der Waals surface area (Å²) >= 11 is 0. The van der Waals surface area contributed by atoms with Crippen molar-refractivity contribution in [1.82, 2.24) is 5.32 Å². The summed E-state index contributed by atoms with van der Waals surface area (Å²) in [4.78, 5) is 25.0. The fraction of sp³-hybridized carbons (Fsp3) is 0.0909. The van der Waals surface area contributed by atoms with Crippen molar-refractivity contribution in [2.24, 2.45) is 0 Å². The van der Waals surface area contributed by atoms with Crippen LogP contribution in [0.25, 0.3) is 0 Å². The van der Waals surface area contributed by atoms with Gasteiger partial charge in [0.25, 0.3) is 11.8 Å². The number of carbonyl (C=O) groups excluding carboxylic acids is 2. The van der Waals surface area contributed by atoms with Crippen molar-refractivity contribution >= 4 is 17.5 Å². The van der Waals surface area contributed by atoms with Gasteiger partial charge in [-0.3, -0.25) is 9.59 Å². The molecule has 0 saturated carbocycles. The summed E-state index contributed by atoms with van der Waals surface area (Å²) < 4.78 is 13.0. The van der Waals surface area contributed by atoms with E-state index in [0.717, 1.165) is 11.1 Å². The minimum absolute atomic E-state index is 0.263. The van der Waals surface area contributed by atoms with E-state index in [1.54, 1.807) is 48.5 Å². The quantitative estimate of drug-likeness (QED) is 0.710. The predicted molar refractivity (Wildman–Crippen MR) is 103 cm³/mol. The minimum atomic E-state index is -0.325. The van der Waals surface area contributed by atoms with Crippen LogP contribution in [-0.2, 0) is 6.54 Å². The van der Waals surface area contributed by atoms with Crippen LogP contribution in [0.3, 0.4) is 0 Å². The molecule has 0 bridgehead atoms. The lowest BCUT2D eigenvalue weighted by Crippen LogP contribution is -2.24. The number of benzene rings is 3. The zero-order valence-corrected chi connectivity index (χ0v) is 14.8. The van der Waals surface area contributed by atoms with E-state index in [0.29, 0.717) is 16.8 Å². The van der Waals surface area contributed by atoms with Gasteiger partial charge >= 0.3 is 0 Å². The van der Waals surface area contributed by atoms with Crippen molar-refractivity contribution in [3.05, 3.63) is 101 Å². The Bertz CT molecular complexity index is 968. The number of nitrogens with one attached hydrogen (secondary N) is 2. The van der Waals surface area contributed by atoms with Gasteiger partial charge in [0.05, 0.1) is 11.3 Å². The molecule has 0 aliphatic heterocycles. The average molecular weight is 362 g/mol. The molecule has 0 aliphatic carbocycles. The summed E-state index contributed by atoms with van der Waals surface area (Å²) in [6.07, 6.45) is 0. The van der Waals surface area contributed by atoms with Gasteiger partial charge in [0.2, 0.25) is 0 Å². The Labute approximate surface area is 157 Å². The summed E-state index contributed by atoms with van der Waals surface area (Å²) in [5.41, 5.74) is 3.08. The van der Waals surface area contributed by atoms with Gasteiger partial charge < -0.3 is 10.6 Å². The summed E-state index contributed by atoms with van der Waals surface area (Å²) in [5, 5.41) is 5.58. The average Bonchev–Trinajstić information content (AvgIpc) is 2.67. The first kappa shape index (κ1) is 18.3. The van der Waals surface area contributed by atoms with Gasteiger partial charge in [-0.15, -0.1) is 0 Å². The highest BCUT2D eigenvalue weighted by Crippen LogP contribution is 2.17. The van der Waals surface area contributed by atoms with Crippen LogP contribution in [-0.4, -0.2) is 11.8 Å². The van der Waals surface area contributed by atoms with Gasteiger partial charge in [0.15, 0.2) is 0 Å². The number of aryl methyl sites for hydroxylation is 1. The third-order valence-corrected chi connectivity index (χ3v) is 4.07. The molecule has 136 valence electrons. The SMILES string of the molecule is Cc1cccc(C(=O)Nc2ccccc2C(=O)NCc2ccc(F)cc2)c1. The summed E-state index contributed by atoms with van der Waals surface area (Å²) in [7, 11) is 0. The zero-order valence-electron chi connectivity index (χ0n) is 14.8. The molecule has 0 atom stereocenters. The Balaban J connectivity index is 1.72. The predicted octanol–water partition coefficient (Wildman–Crippen LogP) is 4.32. The minimum Gasteiger partial charge on any atom is -0.348 e. The number of carbonyl (C=O) groups is 2. The largest absolute Gasteiger partial charge is 0.348 e. The molecule has 0 heterocycles. The van der Waals surface area contributed by atoms with E-state index in [2.05, 4.69) is 10.6 Å². The molecule has 0 fully saturated rings. The lowest BCUT2D eigenvalue weighted by Gasteiger charge is -2.12. The number of rotatable bonds is 5. The monoisotopic (exact) mass is 362 g/mol. The Hall–Kier alpha value is -3.47. The van der Waals surface area contributed by atoms with Crippen LogP contribution in [0, 0.1) is 12.7 Å². The number of amides is 2. The molecule has 3 aromatic rings. The second-order valence-corrected chi connectivity index (χ2v) is 6.18. The van der Waals surface area contributed by atoms with Crippen molar-refractivity contribution in [2.75, 3.05) is 5.32 Å². The van der Waals surface area contributed by atoms with Gasteiger partial charge in [-0.2, -0.15) is 0 Å². The number of hydrogen-bond acceptors (Lipinski definition) is 2. The molecule has 0 spiro atoms. The zero-order chi connectivity index (χ0) is 19.2. The van der Waals surface area contributed by atoms with Crippen LogP contribution in [0.1, 0.15) is 31.8 Å². The maximum atomic E-state index is 13.0. The molecule has 2 N–H and O–H groups in total. The maximum absolute atomic E-state index is 13.0. The van der Waals surface area contributed by atoms with Crippen molar-refractivity contribution in [3.63, 3.8) is 0 Å². The highest BCUT2D eigenvalue weighted by atomic mass is 19.1. The first-order chi connectivity index (χ1) is 13.0. The first-order valence-corrected chi connectivity index (χ1v) is 8.52. The number of halogens is 1. The molecule has 2 amide bonds. The molecule has 0 saturated heterocycles. The van der Waals surface area contributed by atoms with Gasteiger partial charge in [0.1, 0.15) is 5.82 Å². The molecular weight excluding hydrogens is 343 g/mol. The Morgan fingerprint density at radius 3 is 2.37 bits per heavy atom. The lowest BCUT2D eigenvalue weighted by molar-refractivity contribution is 0.0952. The molecule has 0 radical (unpaired) electrons. The van der Waals surface area contributed by atoms with Crippen LogP contribution >= 0.6 is 0 Å². The fourth-order valence-corrected chi connectivity index (χ4v) is 2.65. The van der Waals surface area contributed by atoms with E-state index >= 15 is 0 Å². The van der Waals surface area contributed by atoms with E-state index < -0.39 is 0 Å². The van der Waals surface area contributed by atoms with E-state index in [1.165, 1.54) is 12.1 Å². The Kier molecular flexibility index (Phi) is 5.61. The third-order valence-electron chi connectivity index (χ3n) is 4.07. The van der Waals surface area contributed by atoms with Crippen LogP contribution in [0.5, 0.6) is 0 Å². The second kappa shape index (κ2) is 8.27. The molecule has 0 aromatic heterocycles. The molecule has 3 aromatic carbocycles. The second-order valence-electron chi connectivity index (χ2n) is 6.18. The van der Waals surface area contributed by atoms with Crippen molar-refractivity contribution in [2.45, 2.75) is 13.5 Å². The van der Waals surface area contributed by atoms with Crippen LogP contribution < -0.4 is 10.6 Å². The van der Waals surface area contributed by atoms with E-state index in [1.807, 2.05) is 19.1 Å². The third kappa shape index (κ3) is 4.79. The number of anilines is 1. The summed E-state index contributed by atoms with van der Waals surface area (Å²) in [6, 6.07) is 20.0. The smallest absolute Gasteiger partial charge is 0.255 e. The Morgan fingerprint density at radius 1 is 0.889 bits per heavy atom. The van der Waals surface area contributed by atoms with Crippen LogP contribution in [0.15, 0.2) is 72.8 Å². The molecule has 4 nitrogen and oxygen atoms in total. The Morgan fingerprint density at radius 2 is 1.63 bits per heavy atom. The molecule has 0 aliphatic rings. The van der Waals surface area contributed by atoms with E-state index in [9.17, 15) is 14.0 Å². The first-order valence-electron chi connectivity index (χ1n) is 8.52. The van der Waals surface area contributed by atoms with Gasteiger partial charge in [-0.1, -0.05) is 42.0 Å². The van der Waals surface area contributed by atoms with Gasteiger partial charge in [-0.25, -0.2) is 4.39 Å². The summed E-state index contributed by atoms with van der Waals surface area (Å²) in [5.74, 6) is -0.925. The normalized spacial score (nSPS) is 10.3. The van der Waals surface area contributed by atoms with Gasteiger partial charge in [-0.05, 0) is 48.9 Å². The van der Waals surface area contributed by atoms with Crippen LogP contribution in [0.2, 0.25) is 0 Å². The highest BCUT2D eigenvalue weighted by molar-refractivity contribution is 6.09. The molecule has 0 unspecified atom stereocenters.